The van der Waals surface area contributed by atoms with E-state index in [1.165, 1.54) is 31.2 Å². The second kappa shape index (κ2) is 8.36. The molecule has 3 rings (SSSR count). The third kappa shape index (κ3) is 4.36. The molecule has 26 heavy (non-hydrogen) atoms. The number of nitrogens with zero attached hydrogens (tertiary/aromatic N) is 5. The number of ether oxygens (including phenoxy) is 1. The summed E-state index contributed by atoms with van der Waals surface area (Å²) in [6.45, 7) is 0.488. The minimum Gasteiger partial charge on any atom is -0.493 e. The topological polar surface area (TPSA) is 90.2 Å². The number of rotatable bonds is 8. The van der Waals surface area contributed by atoms with Gasteiger partial charge in [-0.05, 0) is 47.5 Å². The molecule has 1 aromatic heterocycles. The summed E-state index contributed by atoms with van der Waals surface area (Å²) in [5.41, 5.74) is 0. The zero-order chi connectivity index (χ0) is 18.6. The molecule has 8 nitrogen and oxygen atoms in total. The molecule has 10 heteroatoms. The third-order valence-corrected chi connectivity index (χ3v) is 7.05. The molecular weight excluding hydrogens is 374 g/mol. The molecule has 142 valence electrons. The van der Waals surface area contributed by atoms with Crippen LogP contribution in [0.15, 0.2) is 34.3 Å². The minimum absolute atomic E-state index is 0.250. The van der Waals surface area contributed by atoms with Gasteiger partial charge in [0.1, 0.15) is 5.75 Å². The van der Waals surface area contributed by atoms with E-state index in [4.69, 9.17) is 4.74 Å². The van der Waals surface area contributed by atoms with Gasteiger partial charge in [0.25, 0.3) is 0 Å². The smallest absolute Gasteiger partial charge is 0.242 e. The molecule has 1 saturated carbocycles. The zero-order valence-electron chi connectivity index (χ0n) is 14.9. The van der Waals surface area contributed by atoms with Gasteiger partial charge in [-0.25, -0.2) is 17.4 Å². The van der Waals surface area contributed by atoms with E-state index in [2.05, 4.69) is 15.5 Å². The first-order valence-electron chi connectivity index (χ1n) is 8.54. The van der Waals surface area contributed by atoms with E-state index in [9.17, 15) is 8.42 Å². The molecule has 0 amide bonds. The lowest BCUT2D eigenvalue weighted by Gasteiger charge is -2.12. The Balaban J connectivity index is 1.49. The summed E-state index contributed by atoms with van der Waals surface area (Å²) in [5.74, 6) is 1.35. The standard InChI is InChI=1S/C16H23N5O3S2/c1-20(2)26(22,23)15-9-7-14(8-10-15)24-11-12-25-16-17-18-19-21(16)13-5-3-4-6-13/h7-10,13H,3-6,11-12H2,1-2H3. The van der Waals surface area contributed by atoms with Crippen molar-refractivity contribution in [1.29, 1.82) is 0 Å². The molecular formula is C16H23N5O3S2. The van der Waals surface area contributed by atoms with Gasteiger partial charge in [0.05, 0.1) is 17.5 Å². The quantitative estimate of drug-likeness (QED) is 0.498. The van der Waals surface area contributed by atoms with Gasteiger partial charge in [0.15, 0.2) is 0 Å². The van der Waals surface area contributed by atoms with Crippen LogP contribution in [0.5, 0.6) is 5.75 Å². The highest BCUT2D eigenvalue weighted by molar-refractivity contribution is 7.99. The highest BCUT2D eigenvalue weighted by Crippen LogP contribution is 2.31. The van der Waals surface area contributed by atoms with Crippen molar-refractivity contribution in [3.8, 4) is 5.75 Å². The Morgan fingerprint density at radius 2 is 1.92 bits per heavy atom. The molecule has 1 fully saturated rings. The van der Waals surface area contributed by atoms with Gasteiger partial charge in [0, 0.05) is 19.8 Å². The van der Waals surface area contributed by atoms with E-state index in [1.807, 2.05) is 4.68 Å². The third-order valence-electron chi connectivity index (χ3n) is 4.32. The van der Waals surface area contributed by atoms with Crippen LogP contribution in [0.1, 0.15) is 31.7 Å². The number of tetrazole rings is 1. The Kier molecular flexibility index (Phi) is 6.15. The maximum atomic E-state index is 12.0. The predicted molar refractivity (Wildman–Crippen MR) is 98.9 cm³/mol. The average Bonchev–Trinajstić information content (AvgIpc) is 3.30. The molecule has 2 aromatic rings. The lowest BCUT2D eigenvalue weighted by Crippen LogP contribution is -2.22. The Bertz CT molecular complexity index is 815. The number of hydrogen-bond acceptors (Lipinski definition) is 7. The molecule has 0 spiro atoms. The lowest BCUT2D eigenvalue weighted by molar-refractivity contribution is 0.343. The summed E-state index contributed by atoms with van der Waals surface area (Å²) in [6.07, 6.45) is 4.74. The highest BCUT2D eigenvalue weighted by atomic mass is 32.2. The van der Waals surface area contributed by atoms with Crippen LogP contribution >= 0.6 is 11.8 Å². The van der Waals surface area contributed by atoms with Crippen LogP contribution in [-0.4, -0.2) is 59.4 Å². The van der Waals surface area contributed by atoms with Gasteiger partial charge in [-0.1, -0.05) is 24.6 Å². The molecule has 0 aliphatic heterocycles. The van der Waals surface area contributed by atoms with E-state index >= 15 is 0 Å². The van der Waals surface area contributed by atoms with E-state index in [0.29, 0.717) is 24.2 Å². The largest absolute Gasteiger partial charge is 0.493 e. The van der Waals surface area contributed by atoms with Crippen molar-refractivity contribution in [3.05, 3.63) is 24.3 Å². The van der Waals surface area contributed by atoms with Crippen LogP contribution < -0.4 is 4.74 Å². The average molecular weight is 398 g/mol. The second-order valence-electron chi connectivity index (χ2n) is 6.30. The van der Waals surface area contributed by atoms with Gasteiger partial charge in [-0.15, -0.1) is 5.10 Å². The van der Waals surface area contributed by atoms with E-state index in [-0.39, 0.29) is 4.90 Å². The summed E-state index contributed by atoms with van der Waals surface area (Å²) in [5, 5.41) is 12.8. The molecule has 0 radical (unpaired) electrons. The molecule has 1 aliphatic rings. The Labute approximate surface area is 158 Å². The Morgan fingerprint density at radius 3 is 2.58 bits per heavy atom. The van der Waals surface area contributed by atoms with E-state index in [1.54, 1.807) is 36.0 Å². The number of sulfonamides is 1. The van der Waals surface area contributed by atoms with Crippen molar-refractivity contribution in [3.63, 3.8) is 0 Å². The summed E-state index contributed by atoms with van der Waals surface area (Å²) in [7, 11) is -0.393. The minimum atomic E-state index is -3.41. The Morgan fingerprint density at radius 1 is 1.23 bits per heavy atom. The van der Waals surface area contributed by atoms with Crippen LogP contribution in [0.2, 0.25) is 0 Å². The molecule has 1 heterocycles. The summed E-state index contributed by atoms with van der Waals surface area (Å²) in [4.78, 5) is 0.250. The van der Waals surface area contributed by atoms with Gasteiger partial charge in [-0.2, -0.15) is 0 Å². The van der Waals surface area contributed by atoms with Crippen molar-refractivity contribution in [2.75, 3.05) is 26.5 Å². The van der Waals surface area contributed by atoms with Gasteiger partial charge in [-0.3, -0.25) is 0 Å². The summed E-state index contributed by atoms with van der Waals surface area (Å²) < 4.78 is 32.9. The predicted octanol–water partition coefficient (Wildman–Crippen LogP) is 2.21. The van der Waals surface area contributed by atoms with Crippen LogP contribution in [0.3, 0.4) is 0 Å². The molecule has 0 saturated heterocycles. The van der Waals surface area contributed by atoms with Crippen molar-refractivity contribution in [2.24, 2.45) is 0 Å². The molecule has 0 atom stereocenters. The first kappa shape index (κ1) is 19.1. The zero-order valence-corrected chi connectivity index (χ0v) is 16.5. The molecule has 0 bridgehead atoms. The number of thioether (sulfide) groups is 1. The fourth-order valence-corrected chi connectivity index (χ4v) is 4.53. The van der Waals surface area contributed by atoms with Crippen LogP contribution in [0, 0.1) is 0 Å². The van der Waals surface area contributed by atoms with Gasteiger partial charge >= 0.3 is 0 Å². The fourth-order valence-electron chi connectivity index (χ4n) is 2.87. The van der Waals surface area contributed by atoms with Crippen LogP contribution in [0.4, 0.5) is 0 Å². The van der Waals surface area contributed by atoms with E-state index < -0.39 is 10.0 Å². The van der Waals surface area contributed by atoms with Crippen LogP contribution in [0.25, 0.3) is 0 Å². The molecule has 1 aliphatic carbocycles. The number of hydrogen-bond donors (Lipinski definition) is 0. The Hall–Kier alpha value is -1.65. The molecule has 0 unspecified atom stereocenters. The fraction of sp³-hybridized carbons (Fsp3) is 0.562. The van der Waals surface area contributed by atoms with Gasteiger partial charge in [0.2, 0.25) is 15.2 Å². The second-order valence-corrected chi connectivity index (χ2v) is 9.51. The van der Waals surface area contributed by atoms with Crippen molar-refractivity contribution in [2.45, 2.75) is 41.8 Å². The lowest BCUT2D eigenvalue weighted by atomic mass is 10.3. The molecule has 1 aromatic carbocycles. The monoisotopic (exact) mass is 397 g/mol. The maximum absolute atomic E-state index is 12.0. The molecule has 0 N–H and O–H groups in total. The van der Waals surface area contributed by atoms with Crippen molar-refractivity contribution in [1.82, 2.24) is 24.5 Å². The van der Waals surface area contributed by atoms with E-state index in [0.717, 1.165) is 18.0 Å². The van der Waals surface area contributed by atoms with Crippen molar-refractivity contribution >= 4 is 21.8 Å². The SMILES string of the molecule is CN(C)S(=O)(=O)c1ccc(OCCSc2nnnn2C2CCCC2)cc1. The van der Waals surface area contributed by atoms with Crippen molar-refractivity contribution < 1.29 is 13.2 Å². The summed E-state index contributed by atoms with van der Waals surface area (Å²) >= 11 is 1.57. The van der Waals surface area contributed by atoms with Crippen LogP contribution in [-0.2, 0) is 10.0 Å². The number of aromatic nitrogens is 4. The summed E-state index contributed by atoms with van der Waals surface area (Å²) in [6, 6.07) is 6.86. The highest BCUT2D eigenvalue weighted by Gasteiger charge is 2.21. The first-order chi connectivity index (χ1) is 12.5. The maximum Gasteiger partial charge on any atom is 0.242 e. The first-order valence-corrected chi connectivity index (χ1v) is 11.0. The van der Waals surface area contributed by atoms with Gasteiger partial charge < -0.3 is 4.74 Å². The number of benzene rings is 1. The normalized spacial score (nSPS) is 15.7.